The van der Waals surface area contributed by atoms with Crippen LogP contribution in [0.1, 0.15) is 45.2 Å². The molecule has 0 bridgehead atoms. The average molecular weight is 545 g/mol. The van der Waals surface area contributed by atoms with Crippen molar-refractivity contribution in [2.75, 3.05) is 33.4 Å². The number of amides is 1. The number of nitrogens with zero attached hydrogens (tertiary/aromatic N) is 2. The molecule has 2 aromatic carbocycles. The minimum absolute atomic E-state index is 0.160. The second-order valence-corrected chi connectivity index (χ2v) is 12.4. The summed E-state index contributed by atoms with van der Waals surface area (Å²) in [5.41, 5.74) is 4.11. The molecule has 1 aliphatic rings. The predicted molar refractivity (Wildman–Crippen MR) is 144 cm³/mol. The molecule has 0 fully saturated rings. The van der Waals surface area contributed by atoms with Crippen molar-refractivity contribution in [3.8, 4) is 0 Å². The lowest BCUT2D eigenvalue weighted by Crippen LogP contribution is -2.47. The Balaban J connectivity index is 1.68. The van der Waals surface area contributed by atoms with E-state index in [0.717, 1.165) is 16.7 Å². The SMILES string of the molecule is COCCCN(CC(=O)N1CCc2sccc2C1c1ccc(F)cc1)S(=O)(=O)c1c(C)cc(C)cc1C. The summed E-state index contributed by atoms with van der Waals surface area (Å²) < 4.78 is 48.0. The summed E-state index contributed by atoms with van der Waals surface area (Å²) in [6, 6.07) is 11.5. The Morgan fingerprint density at radius 3 is 2.46 bits per heavy atom. The molecular weight excluding hydrogens is 511 g/mol. The van der Waals surface area contributed by atoms with E-state index in [0.29, 0.717) is 37.1 Å². The van der Waals surface area contributed by atoms with Crippen molar-refractivity contribution in [2.24, 2.45) is 0 Å². The van der Waals surface area contributed by atoms with Crippen molar-refractivity contribution in [3.63, 3.8) is 0 Å². The third kappa shape index (κ3) is 5.80. The van der Waals surface area contributed by atoms with Crippen LogP contribution in [0.4, 0.5) is 4.39 Å². The summed E-state index contributed by atoms with van der Waals surface area (Å²) in [5.74, 6) is -0.628. The molecule has 37 heavy (non-hydrogen) atoms. The highest BCUT2D eigenvalue weighted by Crippen LogP contribution is 2.38. The van der Waals surface area contributed by atoms with E-state index in [1.165, 1.54) is 21.3 Å². The van der Waals surface area contributed by atoms with E-state index >= 15 is 0 Å². The van der Waals surface area contributed by atoms with Gasteiger partial charge < -0.3 is 9.64 Å². The Morgan fingerprint density at radius 1 is 1.14 bits per heavy atom. The number of rotatable bonds is 9. The topological polar surface area (TPSA) is 66.9 Å². The summed E-state index contributed by atoms with van der Waals surface area (Å²) >= 11 is 1.64. The van der Waals surface area contributed by atoms with Gasteiger partial charge in [0.15, 0.2) is 0 Å². The van der Waals surface area contributed by atoms with Crippen LogP contribution in [0.25, 0.3) is 0 Å². The zero-order valence-corrected chi connectivity index (χ0v) is 23.3. The minimum atomic E-state index is -3.95. The smallest absolute Gasteiger partial charge is 0.244 e. The van der Waals surface area contributed by atoms with E-state index in [2.05, 4.69) is 0 Å². The molecule has 1 aromatic heterocycles. The molecular formula is C28H33FN2O4S2. The van der Waals surface area contributed by atoms with Crippen LogP contribution < -0.4 is 0 Å². The van der Waals surface area contributed by atoms with E-state index in [-0.39, 0.29) is 29.7 Å². The highest BCUT2D eigenvalue weighted by Gasteiger charge is 2.36. The van der Waals surface area contributed by atoms with Gasteiger partial charge in [-0.1, -0.05) is 29.8 Å². The maximum absolute atomic E-state index is 13.9. The normalized spacial score (nSPS) is 15.7. The number of benzene rings is 2. The molecule has 1 aliphatic heterocycles. The monoisotopic (exact) mass is 544 g/mol. The number of halogens is 1. The first-order chi connectivity index (χ1) is 17.6. The summed E-state index contributed by atoms with van der Waals surface area (Å²) in [7, 11) is -2.38. The summed E-state index contributed by atoms with van der Waals surface area (Å²) in [6.45, 7) is 6.23. The van der Waals surface area contributed by atoms with Crippen molar-refractivity contribution in [3.05, 3.63) is 86.4 Å². The molecule has 1 amide bonds. The Labute approximate surface area is 222 Å². The highest BCUT2D eigenvalue weighted by atomic mass is 32.2. The fourth-order valence-corrected chi connectivity index (χ4v) is 7.95. The van der Waals surface area contributed by atoms with Crippen molar-refractivity contribution >= 4 is 27.3 Å². The third-order valence-electron chi connectivity index (χ3n) is 6.74. The lowest BCUT2D eigenvalue weighted by atomic mass is 9.93. The number of aryl methyl sites for hydroxylation is 3. The summed E-state index contributed by atoms with van der Waals surface area (Å²) in [5, 5.41) is 2.00. The van der Waals surface area contributed by atoms with Gasteiger partial charge in [-0.2, -0.15) is 4.31 Å². The van der Waals surface area contributed by atoms with Crippen LogP contribution >= 0.6 is 11.3 Å². The van der Waals surface area contributed by atoms with Crippen molar-refractivity contribution < 1.29 is 22.3 Å². The number of fused-ring (bicyclic) bond motifs is 1. The van der Waals surface area contributed by atoms with Crippen molar-refractivity contribution in [1.29, 1.82) is 0 Å². The largest absolute Gasteiger partial charge is 0.385 e. The first-order valence-corrected chi connectivity index (χ1v) is 14.6. The maximum Gasteiger partial charge on any atom is 0.244 e. The number of methoxy groups -OCH3 is 1. The Morgan fingerprint density at radius 2 is 1.81 bits per heavy atom. The molecule has 1 unspecified atom stereocenters. The minimum Gasteiger partial charge on any atom is -0.385 e. The fourth-order valence-electron chi connectivity index (χ4n) is 5.20. The van der Waals surface area contributed by atoms with Crippen molar-refractivity contribution in [1.82, 2.24) is 9.21 Å². The van der Waals surface area contributed by atoms with Gasteiger partial charge in [-0.05, 0) is 79.4 Å². The maximum atomic E-state index is 13.9. The van der Waals surface area contributed by atoms with Gasteiger partial charge in [0.1, 0.15) is 5.82 Å². The molecule has 0 spiro atoms. The number of hydrogen-bond acceptors (Lipinski definition) is 5. The first kappa shape index (κ1) is 27.4. The number of thiophene rings is 1. The average Bonchev–Trinajstić information content (AvgIpc) is 3.31. The van der Waals surface area contributed by atoms with Crippen LogP contribution in [0.5, 0.6) is 0 Å². The van der Waals surface area contributed by atoms with E-state index in [1.807, 2.05) is 30.5 Å². The van der Waals surface area contributed by atoms with Crippen molar-refractivity contribution in [2.45, 2.75) is 44.6 Å². The van der Waals surface area contributed by atoms with Gasteiger partial charge in [-0.25, -0.2) is 12.8 Å². The van der Waals surface area contributed by atoms with Crippen LogP contribution in [0.2, 0.25) is 0 Å². The first-order valence-electron chi connectivity index (χ1n) is 12.3. The number of carbonyl (C=O) groups excluding carboxylic acids is 1. The van der Waals surface area contributed by atoms with Crippen LogP contribution in [0.15, 0.2) is 52.7 Å². The van der Waals surface area contributed by atoms with Gasteiger partial charge in [-0.15, -0.1) is 11.3 Å². The van der Waals surface area contributed by atoms with E-state index in [4.69, 9.17) is 4.74 Å². The molecule has 0 saturated heterocycles. The molecule has 2 heterocycles. The van der Waals surface area contributed by atoms with Gasteiger partial charge in [-0.3, -0.25) is 4.79 Å². The van der Waals surface area contributed by atoms with E-state index in [1.54, 1.807) is 49.3 Å². The number of carbonyl (C=O) groups is 1. The fraction of sp³-hybridized carbons (Fsp3) is 0.393. The number of ether oxygens (including phenoxy) is 1. The molecule has 9 heteroatoms. The third-order valence-corrected chi connectivity index (χ3v) is 9.89. The van der Waals surface area contributed by atoms with Crippen LogP contribution in [0, 0.1) is 26.6 Å². The lowest BCUT2D eigenvalue weighted by Gasteiger charge is -2.37. The van der Waals surface area contributed by atoms with E-state index < -0.39 is 16.1 Å². The number of sulfonamides is 1. The molecule has 1 atom stereocenters. The highest BCUT2D eigenvalue weighted by molar-refractivity contribution is 7.89. The van der Waals surface area contributed by atoms with Crippen LogP contribution in [-0.4, -0.2) is 56.9 Å². The molecule has 3 aromatic rings. The van der Waals surface area contributed by atoms with Gasteiger partial charge >= 0.3 is 0 Å². The predicted octanol–water partition coefficient (Wildman–Crippen LogP) is 5.01. The second kappa shape index (κ2) is 11.4. The second-order valence-electron chi connectivity index (χ2n) is 9.50. The van der Waals surface area contributed by atoms with Gasteiger partial charge in [0.05, 0.1) is 17.5 Å². The zero-order chi connectivity index (χ0) is 26.7. The van der Waals surface area contributed by atoms with Gasteiger partial charge in [0, 0.05) is 31.7 Å². The quantitative estimate of drug-likeness (QED) is 0.355. The molecule has 0 aliphatic carbocycles. The molecule has 0 N–H and O–H groups in total. The van der Waals surface area contributed by atoms with Crippen LogP contribution in [0.3, 0.4) is 0 Å². The molecule has 0 radical (unpaired) electrons. The Kier molecular flexibility index (Phi) is 8.48. The Hall–Kier alpha value is -2.59. The van der Waals surface area contributed by atoms with E-state index in [9.17, 15) is 17.6 Å². The lowest BCUT2D eigenvalue weighted by molar-refractivity contribution is -0.133. The summed E-state index contributed by atoms with van der Waals surface area (Å²) in [4.78, 5) is 17.0. The Bertz CT molecular complexity index is 1350. The molecule has 0 saturated carbocycles. The molecule has 6 nitrogen and oxygen atoms in total. The van der Waals surface area contributed by atoms with Gasteiger partial charge in [0.25, 0.3) is 0 Å². The molecule has 198 valence electrons. The number of hydrogen-bond donors (Lipinski definition) is 0. The summed E-state index contributed by atoms with van der Waals surface area (Å²) in [6.07, 6.45) is 1.16. The zero-order valence-electron chi connectivity index (χ0n) is 21.7. The molecule has 4 rings (SSSR count). The van der Waals surface area contributed by atoms with Crippen LogP contribution in [-0.2, 0) is 26.0 Å². The van der Waals surface area contributed by atoms with Gasteiger partial charge in [0.2, 0.25) is 15.9 Å². The standard InChI is InChI=1S/C28H33FN2O4S2/c1-19-16-20(2)28(21(3)17-19)37(33,34)30(12-5-14-35-4)18-26(32)31-13-10-25-24(11-15-36-25)27(31)22-6-8-23(29)9-7-22/h6-9,11,15-17,27H,5,10,12-14,18H2,1-4H3.